The summed E-state index contributed by atoms with van der Waals surface area (Å²) in [6, 6.07) is 15.8. The lowest BCUT2D eigenvalue weighted by Gasteiger charge is -2.11. The first kappa shape index (κ1) is 17.0. The minimum absolute atomic E-state index is 0.199. The number of amides is 2. The van der Waals surface area contributed by atoms with Crippen molar-refractivity contribution in [1.29, 1.82) is 5.26 Å². The lowest BCUT2D eigenvalue weighted by Crippen LogP contribution is -2.17. The number of hydrogen-bond donors (Lipinski definition) is 2. The fraction of sp³-hybridized carbons (Fsp3) is 0.167. The highest BCUT2D eigenvalue weighted by Gasteiger charge is 2.10. The van der Waals surface area contributed by atoms with Gasteiger partial charge in [0.15, 0.2) is 0 Å². The predicted molar refractivity (Wildman–Crippen MR) is 90.6 cm³/mol. The smallest absolute Gasteiger partial charge is 0.238 e. The highest BCUT2D eigenvalue weighted by Crippen LogP contribution is 2.21. The van der Waals surface area contributed by atoms with E-state index in [1.54, 1.807) is 49.6 Å². The molecule has 0 aliphatic carbocycles. The molecule has 0 bridgehead atoms. The van der Waals surface area contributed by atoms with Crippen LogP contribution in [0.4, 0.5) is 11.4 Å². The highest BCUT2D eigenvalue weighted by atomic mass is 16.5. The largest absolute Gasteiger partial charge is 0.497 e. The van der Waals surface area contributed by atoms with E-state index in [0.717, 1.165) is 11.3 Å². The van der Waals surface area contributed by atoms with Crippen LogP contribution in [0.25, 0.3) is 0 Å². The van der Waals surface area contributed by atoms with Gasteiger partial charge >= 0.3 is 0 Å². The van der Waals surface area contributed by atoms with Crippen LogP contribution in [-0.2, 0) is 16.0 Å². The average molecular weight is 323 g/mol. The van der Waals surface area contributed by atoms with E-state index in [1.165, 1.54) is 0 Å². The van der Waals surface area contributed by atoms with Crippen LogP contribution < -0.4 is 15.4 Å². The first-order valence-corrected chi connectivity index (χ1v) is 7.31. The van der Waals surface area contributed by atoms with Crippen molar-refractivity contribution in [2.45, 2.75) is 12.8 Å². The Balaban J connectivity index is 2.03. The normalized spacial score (nSPS) is 9.67. The SMILES string of the molecule is COc1ccc(CC(=O)Nc2ccccc2NC(=O)CC#N)cc1. The zero-order valence-electron chi connectivity index (χ0n) is 13.2. The standard InChI is InChI=1S/C18H17N3O3/c1-24-14-8-6-13(7-9-14)12-18(23)21-16-5-3-2-4-15(16)20-17(22)10-11-19/h2-9H,10,12H2,1H3,(H,20,22)(H,21,23). The van der Waals surface area contributed by atoms with E-state index in [9.17, 15) is 9.59 Å². The van der Waals surface area contributed by atoms with Gasteiger partial charge in [-0.1, -0.05) is 24.3 Å². The van der Waals surface area contributed by atoms with Crippen molar-refractivity contribution in [2.24, 2.45) is 0 Å². The number of nitrogens with zero attached hydrogens (tertiary/aromatic N) is 1. The lowest BCUT2D eigenvalue weighted by atomic mass is 10.1. The van der Waals surface area contributed by atoms with Crippen LogP contribution in [0.1, 0.15) is 12.0 Å². The van der Waals surface area contributed by atoms with Gasteiger partial charge < -0.3 is 15.4 Å². The van der Waals surface area contributed by atoms with Crippen LogP contribution in [0.3, 0.4) is 0 Å². The number of para-hydroxylation sites is 2. The number of benzene rings is 2. The van der Waals surface area contributed by atoms with Crippen molar-refractivity contribution < 1.29 is 14.3 Å². The molecular formula is C18H17N3O3. The van der Waals surface area contributed by atoms with Crippen molar-refractivity contribution in [3.8, 4) is 11.8 Å². The average Bonchev–Trinajstić information content (AvgIpc) is 2.57. The van der Waals surface area contributed by atoms with E-state index in [2.05, 4.69) is 10.6 Å². The van der Waals surface area contributed by atoms with E-state index in [4.69, 9.17) is 10.00 Å². The summed E-state index contributed by atoms with van der Waals surface area (Å²) >= 11 is 0. The summed E-state index contributed by atoms with van der Waals surface area (Å²) < 4.78 is 5.08. The molecule has 0 aromatic heterocycles. The molecule has 122 valence electrons. The van der Waals surface area contributed by atoms with Gasteiger partial charge in [-0.15, -0.1) is 0 Å². The Hall–Kier alpha value is -3.33. The summed E-state index contributed by atoms with van der Waals surface area (Å²) in [5.41, 5.74) is 1.79. The molecule has 2 aromatic carbocycles. The fourth-order valence-corrected chi connectivity index (χ4v) is 2.09. The molecule has 0 radical (unpaired) electrons. The molecule has 2 amide bonds. The maximum absolute atomic E-state index is 12.2. The third kappa shape index (κ3) is 4.85. The van der Waals surface area contributed by atoms with Gasteiger partial charge in [0.2, 0.25) is 11.8 Å². The lowest BCUT2D eigenvalue weighted by molar-refractivity contribution is -0.116. The summed E-state index contributed by atoms with van der Waals surface area (Å²) in [5.74, 6) is 0.0983. The van der Waals surface area contributed by atoms with Crippen molar-refractivity contribution in [1.82, 2.24) is 0 Å². The second-order valence-corrected chi connectivity index (χ2v) is 5.00. The molecule has 0 saturated heterocycles. The minimum atomic E-state index is -0.422. The van der Waals surface area contributed by atoms with Gasteiger partial charge in [-0.25, -0.2) is 0 Å². The zero-order chi connectivity index (χ0) is 17.4. The quantitative estimate of drug-likeness (QED) is 0.855. The highest BCUT2D eigenvalue weighted by molar-refractivity contribution is 6.00. The number of ether oxygens (including phenoxy) is 1. The molecule has 0 unspecified atom stereocenters. The third-order valence-electron chi connectivity index (χ3n) is 3.24. The summed E-state index contributed by atoms with van der Waals surface area (Å²) in [4.78, 5) is 23.7. The molecule has 24 heavy (non-hydrogen) atoms. The van der Waals surface area contributed by atoms with Crippen LogP contribution in [0.5, 0.6) is 5.75 Å². The molecule has 0 aliphatic rings. The Labute approximate surface area is 140 Å². The Morgan fingerprint density at radius 2 is 1.58 bits per heavy atom. The van der Waals surface area contributed by atoms with E-state index in [-0.39, 0.29) is 18.7 Å². The second kappa shape index (κ2) is 8.34. The Morgan fingerprint density at radius 3 is 2.12 bits per heavy atom. The van der Waals surface area contributed by atoms with E-state index >= 15 is 0 Å². The molecule has 0 saturated carbocycles. The molecule has 0 spiro atoms. The molecular weight excluding hydrogens is 306 g/mol. The van der Waals surface area contributed by atoms with Crippen LogP contribution in [0, 0.1) is 11.3 Å². The molecule has 2 N–H and O–H groups in total. The summed E-state index contributed by atoms with van der Waals surface area (Å²) in [6.45, 7) is 0. The first-order valence-electron chi connectivity index (χ1n) is 7.31. The number of hydrogen-bond acceptors (Lipinski definition) is 4. The minimum Gasteiger partial charge on any atom is -0.497 e. The third-order valence-corrected chi connectivity index (χ3v) is 3.24. The molecule has 0 aliphatic heterocycles. The van der Waals surface area contributed by atoms with Crippen molar-refractivity contribution in [2.75, 3.05) is 17.7 Å². The van der Waals surface area contributed by atoms with Gasteiger partial charge in [-0.3, -0.25) is 9.59 Å². The zero-order valence-corrected chi connectivity index (χ0v) is 13.2. The van der Waals surface area contributed by atoms with Crippen molar-refractivity contribution in [3.63, 3.8) is 0 Å². The Bertz CT molecular complexity index is 764. The molecule has 0 fully saturated rings. The fourth-order valence-electron chi connectivity index (χ4n) is 2.09. The topological polar surface area (TPSA) is 91.2 Å². The first-order chi connectivity index (χ1) is 11.6. The summed E-state index contributed by atoms with van der Waals surface area (Å²) in [7, 11) is 1.58. The number of nitriles is 1. The van der Waals surface area contributed by atoms with Crippen LogP contribution in [-0.4, -0.2) is 18.9 Å². The van der Waals surface area contributed by atoms with Crippen molar-refractivity contribution >= 4 is 23.2 Å². The summed E-state index contributed by atoms with van der Waals surface area (Å²) in [6.07, 6.45) is -0.0431. The van der Waals surface area contributed by atoms with Gasteiger partial charge in [0.1, 0.15) is 12.2 Å². The molecule has 2 aromatic rings. The van der Waals surface area contributed by atoms with Gasteiger partial charge in [-0.05, 0) is 29.8 Å². The van der Waals surface area contributed by atoms with Crippen LogP contribution in [0.2, 0.25) is 0 Å². The maximum Gasteiger partial charge on any atom is 0.238 e. The molecule has 0 heterocycles. The summed E-state index contributed by atoms with van der Waals surface area (Å²) in [5, 5.41) is 13.9. The van der Waals surface area contributed by atoms with E-state index < -0.39 is 5.91 Å². The number of carbonyl (C=O) groups is 2. The molecule has 0 atom stereocenters. The molecule has 2 rings (SSSR count). The van der Waals surface area contributed by atoms with Gasteiger partial charge in [0.25, 0.3) is 0 Å². The van der Waals surface area contributed by atoms with E-state index in [0.29, 0.717) is 11.4 Å². The van der Waals surface area contributed by atoms with Crippen molar-refractivity contribution in [3.05, 3.63) is 54.1 Å². The Morgan fingerprint density at radius 1 is 1.00 bits per heavy atom. The molecule has 6 nitrogen and oxygen atoms in total. The van der Waals surface area contributed by atoms with Crippen LogP contribution in [0.15, 0.2) is 48.5 Å². The number of anilines is 2. The maximum atomic E-state index is 12.2. The van der Waals surface area contributed by atoms with Gasteiger partial charge in [0, 0.05) is 0 Å². The predicted octanol–water partition coefficient (Wildman–Crippen LogP) is 2.73. The number of methoxy groups -OCH3 is 1. The number of rotatable bonds is 6. The van der Waals surface area contributed by atoms with Gasteiger partial charge in [0.05, 0.1) is 31.0 Å². The number of nitrogens with one attached hydrogen (secondary N) is 2. The Kier molecular flexibility index (Phi) is 5.92. The van der Waals surface area contributed by atoms with Crippen LogP contribution >= 0.6 is 0 Å². The monoisotopic (exact) mass is 323 g/mol. The molecule has 6 heteroatoms. The second-order valence-electron chi connectivity index (χ2n) is 5.00. The van der Waals surface area contributed by atoms with E-state index in [1.807, 2.05) is 12.1 Å². The number of carbonyl (C=O) groups excluding carboxylic acids is 2. The van der Waals surface area contributed by atoms with Gasteiger partial charge in [-0.2, -0.15) is 5.26 Å².